The van der Waals surface area contributed by atoms with Crippen molar-refractivity contribution in [2.45, 2.75) is 24.2 Å². The first kappa shape index (κ1) is 12.4. The molecule has 1 aliphatic carbocycles. The maximum absolute atomic E-state index is 13.8. The lowest BCUT2D eigenvalue weighted by molar-refractivity contribution is -0.223. The summed E-state index contributed by atoms with van der Waals surface area (Å²) in [7, 11) is 0. The first-order valence-corrected chi connectivity index (χ1v) is 6.10. The molecule has 0 aromatic heterocycles. The van der Waals surface area contributed by atoms with Gasteiger partial charge in [0.25, 0.3) is 0 Å². The van der Waals surface area contributed by atoms with Crippen LogP contribution in [0.2, 0.25) is 0 Å². The molecule has 7 heteroatoms. The van der Waals surface area contributed by atoms with Crippen molar-refractivity contribution >= 4 is 15.9 Å². The fourth-order valence-electron chi connectivity index (χ4n) is 2.48. The van der Waals surface area contributed by atoms with E-state index in [2.05, 4.69) is 15.9 Å². The quantitative estimate of drug-likeness (QED) is 0.800. The Labute approximate surface area is 108 Å². The number of nitrogens with one attached hydrogen (secondary N) is 1. The minimum Gasteiger partial charge on any atom is -0.297 e. The third kappa shape index (κ3) is 1.53. The molecule has 2 nitrogen and oxygen atoms in total. The summed E-state index contributed by atoms with van der Waals surface area (Å²) in [4.78, 5) is 4.87. The van der Waals surface area contributed by atoms with Gasteiger partial charge in [-0.15, -0.1) is 0 Å². The molecule has 1 saturated carbocycles. The van der Waals surface area contributed by atoms with Crippen molar-refractivity contribution in [3.63, 3.8) is 0 Å². The summed E-state index contributed by atoms with van der Waals surface area (Å²) in [6.07, 6.45) is -4.81. The second-order valence-corrected chi connectivity index (χ2v) is 5.45. The minimum absolute atomic E-state index is 0.290. The molecule has 1 N–H and O–H groups in total. The third-order valence-corrected chi connectivity index (χ3v) is 3.95. The molecule has 0 spiro atoms. The van der Waals surface area contributed by atoms with Crippen molar-refractivity contribution in [1.82, 2.24) is 5.48 Å². The van der Waals surface area contributed by atoms with E-state index in [-0.39, 0.29) is 0 Å². The molecule has 0 radical (unpaired) electrons. The highest BCUT2D eigenvalue weighted by Gasteiger charge is 2.73. The van der Waals surface area contributed by atoms with Crippen molar-refractivity contribution in [3.8, 4) is 0 Å². The van der Waals surface area contributed by atoms with Crippen LogP contribution in [0.15, 0.2) is 22.7 Å². The number of hydrogen-bond donors (Lipinski definition) is 1. The van der Waals surface area contributed by atoms with Crippen molar-refractivity contribution in [2.24, 2.45) is 5.92 Å². The maximum Gasteiger partial charge on any atom is 0.413 e. The highest BCUT2D eigenvalue weighted by molar-refractivity contribution is 9.10. The maximum atomic E-state index is 13.8. The molecule has 18 heavy (non-hydrogen) atoms. The molecule has 1 aromatic carbocycles. The van der Waals surface area contributed by atoms with Gasteiger partial charge in [0.2, 0.25) is 0 Å². The molecule has 98 valence electrons. The monoisotopic (exact) mass is 325 g/mol. The Morgan fingerprint density at radius 1 is 1.39 bits per heavy atom. The van der Waals surface area contributed by atoms with Gasteiger partial charge in [0.1, 0.15) is 5.82 Å². The van der Waals surface area contributed by atoms with E-state index in [0.717, 1.165) is 12.1 Å². The molecular weight excluding hydrogens is 318 g/mol. The lowest BCUT2D eigenvalue weighted by Gasteiger charge is -2.33. The number of fused-ring (bicyclic) bond motifs is 1. The zero-order chi connectivity index (χ0) is 13.1. The fourth-order valence-corrected chi connectivity index (χ4v) is 2.84. The largest absolute Gasteiger partial charge is 0.413 e. The number of hydroxylamine groups is 1. The van der Waals surface area contributed by atoms with Crippen LogP contribution >= 0.6 is 15.9 Å². The summed E-state index contributed by atoms with van der Waals surface area (Å²) < 4.78 is 54.3. The standard InChI is InChI=1S/C11H8BrF4NO/c12-5-1-2-8(13)6(3-5)10(11(14,15)16)7-4-9(7)18-17-10/h1-3,7,9,17H,4H2. The summed E-state index contributed by atoms with van der Waals surface area (Å²) in [5.41, 5.74) is -0.853. The van der Waals surface area contributed by atoms with Gasteiger partial charge in [-0.2, -0.15) is 18.7 Å². The Morgan fingerprint density at radius 2 is 2.11 bits per heavy atom. The summed E-state index contributed by atoms with van der Waals surface area (Å²) in [6, 6.07) is 3.53. The highest BCUT2D eigenvalue weighted by Crippen LogP contribution is 2.59. The second-order valence-electron chi connectivity index (χ2n) is 4.53. The molecule has 1 saturated heterocycles. The number of hydrogen-bond acceptors (Lipinski definition) is 2. The van der Waals surface area contributed by atoms with E-state index < -0.39 is 35.1 Å². The Hall–Kier alpha value is -0.660. The minimum atomic E-state index is -4.62. The van der Waals surface area contributed by atoms with Crippen molar-refractivity contribution < 1.29 is 22.4 Å². The molecule has 0 amide bonds. The van der Waals surface area contributed by atoms with Gasteiger partial charge in [0.05, 0.1) is 6.10 Å². The van der Waals surface area contributed by atoms with E-state index >= 15 is 0 Å². The van der Waals surface area contributed by atoms with Crippen LogP contribution in [-0.2, 0) is 10.4 Å². The number of halogens is 5. The Balaban J connectivity index is 2.18. The fraction of sp³-hybridized carbons (Fsp3) is 0.455. The molecule has 0 bridgehead atoms. The normalized spacial score (nSPS) is 34.5. The van der Waals surface area contributed by atoms with Crippen LogP contribution in [0.1, 0.15) is 12.0 Å². The smallest absolute Gasteiger partial charge is 0.297 e. The van der Waals surface area contributed by atoms with Crippen LogP contribution in [0.3, 0.4) is 0 Å². The molecule has 3 unspecified atom stereocenters. The SMILES string of the molecule is Fc1ccc(Br)cc1C1(C(F)(F)F)NOC2CC21. The first-order valence-electron chi connectivity index (χ1n) is 5.31. The molecule has 1 aromatic rings. The lowest BCUT2D eigenvalue weighted by atomic mass is 9.85. The van der Waals surface area contributed by atoms with Crippen molar-refractivity contribution in [3.05, 3.63) is 34.1 Å². The number of alkyl halides is 3. The molecule has 1 aliphatic heterocycles. The van der Waals surface area contributed by atoms with Gasteiger partial charge in [-0.25, -0.2) is 4.39 Å². The summed E-state index contributed by atoms with van der Waals surface area (Å²) in [5, 5.41) is 0. The molecular formula is C11H8BrF4NO. The first-order chi connectivity index (χ1) is 8.36. The lowest BCUT2D eigenvalue weighted by Crippen LogP contribution is -2.53. The zero-order valence-electron chi connectivity index (χ0n) is 8.89. The molecule has 2 fully saturated rings. The average Bonchev–Trinajstić information content (AvgIpc) is 2.95. The van der Waals surface area contributed by atoms with Gasteiger partial charge in [-0.1, -0.05) is 15.9 Å². The van der Waals surface area contributed by atoms with Crippen molar-refractivity contribution in [1.29, 1.82) is 0 Å². The van der Waals surface area contributed by atoms with Crippen LogP contribution in [0.4, 0.5) is 17.6 Å². The van der Waals surface area contributed by atoms with Crippen LogP contribution in [0.5, 0.6) is 0 Å². The summed E-state index contributed by atoms with van der Waals surface area (Å²) >= 11 is 3.07. The zero-order valence-corrected chi connectivity index (χ0v) is 10.5. The van der Waals surface area contributed by atoms with Crippen LogP contribution in [-0.4, -0.2) is 12.3 Å². The molecule has 2 aliphatic rings. The highest BCUT2D eigenvalue weighted by atomic mass is 79.9. The molecule has 3 atom stereocenters. The summed E-state index contributed by atoms with van der Waals surface area (Å²) in [5.74, 6) is -1.65. The van der Waals surface area contributed by atoms with Gasteiger partial charge >= 0.3 is 6.18 Å². The molecule has 1 heterocycles. The Kier molecular flexibility index (Phi) is 2.53. The van der Waals surface area contributed by atoms with Gasteiger partial charge < -0.3 is 0 Å². The van der Waals surface area contributed by atoms with E-state index in [1.54, 1.807) is 0 Å². The van der Waals surface area contributed by atoms with Crippen molar-refractivity contribution in [2.75, 3.05) is 0 Å². The van der Waals surface area contributed by atoms with Gasteiger partial charge in [-0.05, 0) is 24.6 Å². The molecule has 3 rings (SSSR count). The van der Waals surface area contributed by atoms with E-state index in [4.69, 9.17) is 4.84 Å². The van der Waals surface area contributed by atoms with Crippen LogP contribution in [0.25, 0.3) is 0 Å². The predicted octanol–water partition coefficient (Wildman–Crippen LogP) is 3.27. The van der Waals surface area contributed by atoms with Crippen LogP contribution in [0, 0.1) is 11.7 Å². The van der Waals surface area contributed by atoms with Gasteiger partial charge in [0.15, 0.2) is 5.54 Å². The number of rotatable bonds is 1. The second kappa shape index (κ2) is 3.68. The predicted molar refractivity (Wildman–Crippen MR) is 57.9 cm³/mol. The summed E-state index contributed by atoms with van der Waals surface area (Å²) in [6.45, 7) is 0. The van der Waals surface area contributed by atoms with E-state index in [9.17, 15) is 17.6 Å². The Morgan fingerprint density at radius 3 is 2.61 bits per heavy atom. The topological polar surface area (TPSA) is 21.3 Å². The number of benzene rings is 1. The third-order valence-electron chi connectivity index (χ3n) is 3.46. The van der Waals surface area contributed by atoms with E-state index in [1.807, 2.05) is 5.48 Å². The van der Waals surface area contributed by atoms with Gasteiger partial charge in [-0.3, -0.25) is 4.84 Å². The van der Waals surface area contributed by atoms with Gasteiger partial charge in [0, 0.05) is 16.0 Å². The van der Waals surface area contributed by atoms with E-state index in [0.29, 0.717) is 10.9 Å². The Bertz CT molecular complexity index is 506. The van der Waals surface area contributed by atoms with E-state index in [1.165, 1.54) is 6.07 Å². The van der Waals surface area contributed by atoms with Crippen LogP contribution < -0.4 is 5.48 Å². The average molecular weight is 326 g/mol.